The van der Waals surface area contributed by atoms with Gasteiger partial charge in [-0.3, -0.25) is 19.3 Å². The van der Waals surface area contributed by atoms with Gasteiger partial charge in [-0.25, -0.2) is 13.7 Å². The van der Waals surface area contributed by atoms with Crippen molar-refractivity contribution in [2.24, 2.45) is 0 Å². The van der Waals surface area contributed by atoms with Crippen LogP contribution in [0.1, 0.15) is 20.7 Å². The molecule has 8 heteroatoms. The lowest BCUT2D eigenvalue weighted by Gasteiger charge is -2.29. The summed E-state index contributed by atoms with van der Waals surface area (Å²) in [4.78, 5) is 38.9. The second-order valence-electron chi connectivity index (χ2n) is 5.85. The smallest absolute Gasteiger partial charge is 0.269 e. The number of fused-ring (bicyclic) bond motifs is 2. The molecule has 0 atom stereocenters. The molecule has 2 aliphatic rings. The standard InChI is InChI=1S/C19H10F2N2O4/c1-2-6-22-14-8-13(12(21)7-15(14)27-9-16(22)24)23-18(25)10-4-3-5-11(20)17(10)19(23)26/h1,3-5,7-8H,6,9H2. The van der Waals surface area contributed by atoms with Crippen LogP contribution < -0.4 is 14.5 Å². The number of imide groups is 1. The summed E-state index contributed by atoms with van der Waals surface area (Å²) >= 11 is 0. The van der Waals surface area contributed by atoms with E-state index in [1.165, 1.54) is 17.0 Å². The van der Waals surface area contributed by atoms with Gasteiger partial charge in [-0.05, 0) is 18.2 Å². The third-order valence-electron chi connectivity index (χ3n) is 4.33. The van der Waals surface area contributed by atoms with E-state index in [9.17, 15) is 23.2 Å². The predicted molar refractivity (Wildman–Crippen MR) is 90.6 cm³/mol. The Hall–Kier alpha value is -3.73. The molecule has 0 bridgehead atoms. The molecule has 3 amide bonds. The fourth-order valence-corrected chi connectivity index (χ4v) is 3.11. The predicted octanol–water partition coefficient (Wildman–Crippen LogP) is 2.12. The first-order valence-electron chi connectivity index (χ1n) is 7.81. The van der Waals surface area contributed by atoms with Crippen molar-refractivity contribution < 1.29 is 27.9 Å². The Labute approximate surface area is 151 Å². The van der Waals surface area contributed by atoms with E-state index in [1.54, 1.807) is 0 Å². The van der Waals surface area contributed by atoms with Crippen molar-refractivity contribution in [3.05, 3.63) is 53.1 Å². The highest BCUT2D eigenvalue weighted by Gasteiger charge is 2.41. The number of terminal acetylenes is 1. The molecule has 0 radical (unpaired) electrons. The third-order valence-corrected chi connectivity index (χ3v) is 4.33. The Morgan fingerprint density at radius 1 is 1.07 bits per heavy atom. The van der Waals surface area contributed by atoms with Gasteiger partial charge < -0.3 is 4.74 Å². The molecule has 0 aromatic heterocycles. The number of hydrogen-bond donors (Lipinski definition) is 0. The molecular formula is C19H10F2N2O4. The molecule has 0 aliphatic carbocycles. The fraction of sp³-hybridized carbons (Fsp3) is 0.105. The summed E-state index contributed by atoms with van der Waals surface area (Å²) < 4.78 is 33.8. The summed E-state index contributed by atoms with van der Waals surface area (Å²) in [5, 5.41) is 0. The van der Waals surface area contributed by atoms with E-state index >= 15 is 0 Å². The van der Waals surface area contributed by atoms with E-state index in [-0.39, 0.29) is 30.2 Å². The average Bonchev–Trinajstić information content (AvgIpc) is 2.89. The number of halogens is 2. The molecule has 0 N–H and O–H groups in total. The zero-order valence-electron chi connectivity index (χ0n) is 13.7. The molecule has 0 saturated heterocycles. The molecule has 0 unspecified atom stereocenters. The van der Waals surface area contributed by atoms with Gasteiger partial charge in [0.25, 0.3) is 17.7 Å². The number of carbonyl (C=O) groups excluding carboxylic acids is 3. The monoisotopic (exact) mass is 368 g/mol. The number of hydrogen-bond acceptors (Lipinski definition) is 4. The minimum atomic E-state index is -0.987. The highest BCUT2D eigenvalue weighted by molar-refractivity contribution is 6.34. The quantitative estimate of drug-likeness (QED) is 0.602. The van der Waals surface area contributed by atoms with E-state index in [2.05, 4.69) is 5.92 Å². The van der Waals surface area contributed by atoms with Crippen molar-refractivity contribution in [2.45, 2.75) is 0 Å². The minimum absolute atomic E-state index is 0.0499. The number of ether oxygens (including phenoxy) is 1. The van der Waals surface area contributed by atoms with Crippen LogP contribution in [0.2, 0.25) is 0 Å². The summed E-state index contributed by atoms with van der Waals surface area (Å²) in [5.41, 5.74) is -0.880. The fourth-order valence-electron chi connectivity index (χ4n) is 3.11. The molecule has 2 aromatic carbocycles. The molecule has 6 nitrogen and oxygen atoms in total. The van der Waals surface area contributed by atoms with Crippen LogP contribution in [0, 0.1) is 24.0 Å². The summed E-state index contributed by atoms with van der Waals surface area (Å²) in [6.45, 7) is -0.414. The number of benzene rings is 2. The van der Waals surface area contributed by atoms with Gasteiger partial charge in [-0.2, -0.15) is 0 Å². The highest BCUT2D eigenvalue weighted by Crippen LogP contribution is 2.40. The van der Waals surface area contributed by atoms with Crippen LogP contribution in [0.15, 0.2) is 30.3 Å². The van der Waals surface area contributed by atoms with Crippen molar-refractivity contribution in [3.63, 3.8) is 0 Å². The zero-order valence-corrected chi connectivity index (χ0v) is 13.7. The maximum Gasteiger partial charge on any atom is 0.269 e. The van der Waals surface area contributed by atoms with Crippen LogP contribution >= 0.6 is 0 Å². The lowest BCUT2D eigenvalue weighted by Crippen LogP contribution is -2.39. The van der Waals surface area contributed by atoms with E-state index < -0.39 is 40.6 Å². The Balaban J connectivity index is 1.86. The largest absolute Gasteiger partial charge is 0.481 e. The van der Waals surface area contributed by atoms with Gasteiger partial charge >= 0.3 is 0 Å². The molecule has 2 aliphatic heterocycles. The molecule has 2 heterocycles. The molecule has 0 fully saturated rings. The van der Waals surface area contributed by atoms with Crippen molar-refractivity contribution >= 4 is 29.1 Å². The van der Waals surface area contributed by atoms with Gasteiger partial charge in [0.15, 0.2) is 12.4 Å². The van der Waals surface area contributed by atoms with Crippen LogP contribution in [-0.4, -0.2) is 30.9 Å². The lowest BCUT2D eigenvalue weighted by atomic mass is 10.1. The van der Waals surface area contributed by atoms with Gasteiger partial charge in [0.2, 0.25) is 0 Å². The number of anilines is 2. The molecule has 27 heavy (non-hydrogen) atoms. The van der Waals surface area contributed by atoms with Crippen molar-refractivity contribution in [1.82, 2.24) is 0 Å². The Kier molecular flexibility index (Phi) is 3.66. The third kappa shape index (κ3) is 2.36. The van der Waals surface area contributed by atoms with Gasteiger partial charge in [-0.1, -0.05) is 12.0 Å². The van der Waals surface area contributed by atoms with Gasteiger partial charge in [0.1, 0.15) is 11.6 Å². The molecule has 0 spiro atoms. The maximum atomic E-state index is 14.6. The second kappa shape index (κ2) is 5.92. The first-order chi connectivity index (χ1) is 12.9. The van der Waals surface area contributed by atoms with Crippen molar-refractivity contribution in [1.29, 1.82) is 0 Å². The molecule has 134 valence electrons. The van der Waals surface area contributed by atoms with Crippen LogP contribution in [0.5, 0.6) is 5.75 Å². The SMILES string of the molecule is C#CCN1C(=O)COc2cc(F)c(N3C(=O)c4cccc(F)c4C3=O)cc21. The number of amides is 3. The van der Waals surface area contributed by atoms with Crippen LogP contribution in [-0.2, 0) is 4.79 Å². The zero-order chi connectivity index (χ0) is 19.3. The number of nitrogens with zero attached hydrogens (tertiary/aromatic N) is 2. The number of carbonyl (C=O) groups is 3. The number of rotatable bonds is 2. The summed E-state index contributed by atoms with van der Waals surface area (Å²) in [6, 6.07) is 5.69. The average molecular weight is 368 g/mol. The van der Waals surface area contributed by atoms with Crippen molar-refractivity contribution in [2.75, 3.05) is 23.0 Å². The van der Waals surface area contributed by atoms with Gasteiger partial charge in [-0.15, -0.1) is 6.42 Å². The van der Waals surface area contributed by atoms with E-state index in [4.69, 9.17) is 11.2 Å². The normalized spacial score (nSPS) is 15.4. The summed E-state index contributed by atoms with van der Waals surface area (Å²) in [7, 11) is 0. The molecule has 4 rings (SSSR count). The van der Waals surface area contributed by atoms with Crippen LogP contribution in [0.4, 0.5) is 20.2 Å². The van der Waals surface area contributed by atoms with Crippen LogP contribution in [0.3, 0.4) is 0 Å². The first-order valence-corrected chi connectivity index (χ1v) is 7.81. The van der Waals surface area contributed by atoms with E-state index in [0.717, 1.165) is 18.2 Å². The van der Waals surface area contributed by atoms with Crippen LogP contribution in [0.25, 0.3) is 0 Å². The lowest BCUT2D eigenvalue weighted by molar-refractivity contribution is -0.121. The first kappa shape index (κ1) is 16.7. The summed E-state index contributed by atoms with van der Waals surface area (Å²) in [5.74, 6) is -1.75. The molecular weight excluding hydrogens is 358 g/mol. The Morgan fingerprint density at radius 3 is 2.56 bits per heavy atom. The van der Waals surface area contributed by atoms with E-state index in [1.807, 2.05) is 0 Å². The van der Waals surface area contributed by atoms with Gasteiger partial charge in [0, 0.05) is 6.07 Å². The Bertz CT molecular complexity index is 1070. The molecule has 2 aromatic rings. The summed E-state index contributed by atoms with van der Waals surface area (Å²) in [6.07, 6.45) is 5.27. The highest BCUT2D eigenvalue weighted by atomic mass is 19.1. The molecule has 0 saturated carbocycles. The second-order valence-corrected chi connectivity index (χ2v) is 5.85. The minimum Gasteiger partial charge on any atom is -0.481 e. The Morgan fingerprint density at radius 2 is 1.85 bits per heavy atom. The van der Waals surface area contributed by atoms with Gasteiger partial charge in [0.05, 0.1) is 29.0 Å². The van der Waals surface area contributed by atoms with Crippen molar-refractivity contribution in [3.8, 4) is 18.1 Å². The van der Waals surface area contributed by atoms with E-state index in [0.29, 0.717) is 4.90 Å². The topological polar surface area (TPSA) is 66.9 Å². The maximum absolute atomic E-state index is 14.6.